The second-order valence-corrected chi connectivity index (χ2v) is 10.4. The predicted octanol–water partition coefficient (Wildman–Crippen LogP) is 3.98. The van der Waals surface area contributed by atoms with Crippen LogP contribution in [0.25, 0.3) is 10.9 Å². The fraction of sp³-hybridized carbons (Fsp3) is 0.312. The number of para-hydroxylation sites is 2. The number of carbonyl (C=O) groups excluding carboxylic acids is 2. The molecule has 2 amide bonds. The summed E-state index contributed by atoms with van der Waals surface area (Å²) < 4.78 is 0. The highest BCUT2D eigenvalue weighted by Crippen LogP contribution is 2.20. The van der Waals surface area contributed by atoms with Gasteiger partial charge in [0, 0.05) is 69.0 Å². The monoisotopic (exact) mass is 523 g/mol. The molecule has 1 aliphatic rings. The molecule has 0 bridgehead atoms. The molecule has 7 nitrogen and oxygen atoms in total. The molecular weight excluding hydrogens is 486 g/mol. The molecule has 7 heteroatoms. The van der Waals surface area contributed by atoms with Crippen LogP contribution in [-0.4, -0.2) is 72.4 Å². The molecule has 1 saturated heterocycles. The molecule has 0 saturated carbocycles. The van der Waals surface area contributed by atoms with E-state index in [4.69, 9.17) is 0 Å². The Bertz CT molecular complexity index is 1410. The number of carbonyl (C=O) groups is 2. The van der Waals surface area contributed by atoms with Crippen molar-refractivity contribution in [2.24, 2.45) is 0 Å². The Hall–Kier alpha value is -4.10. The third-order valence-electron chi connectivity index (χ3n) is 7.64. The standard InChI is InChI=1S/C32H37N5O2/c1-24-10-6-7-11-25(24)22-35(2)32(39)30(20-26-21-33-29-15-9-8-14-28(26)29)34-31(38)23-36-16-18-37(19-17-36)27-12-4-3-5-13-27/h3-15,21,30,33H,16-20,22-23H2,1-2H3,(H,34,38). The third kappa shape index (κ3) is 6.49. The number of aromatic nitrogens is 1. The molecule has 202 valence electrons. The Kier molecular flexibility index (Phi) is 8.27. The minimum Gasteiger partial charge on any atom is -0.369 e. The minimum absolute atomic E-state index is 0.0919. The molecule has 1 atom stereocenters. The number of aromatic amines is 1. The Morgan fingerprint density at radius 3 is 2.36 bits per heavy atom. The molecule has 1 fully saturated rings. The average Bonchev–Trinajstić information content (AvgIpc) is 3.37. The summed E-state index contributed by atoms with van der Waals surface area (Å²) in [6.07, 6.45) is 2.37. The third-order valence-corrected chi connectivity index (χ3v) is 7.64. The van der Waals surface area contributed by atoms with E-state index >= 15 is 0 Å². The zero-order chi connectivity index (χ0) is 27.2. The molecule has 1 aromatic heterocycles. The molecular formula is C32H37N5O2. The summed E-state index contributed by atoms with van der Waals surface area (Å²) >= 11 is 0. The number of nitrogens with one attached hydrogen (secondary N) is 2. The highest BCUT2D eigenvalue weighted by Gasteiger charge is 2.27. The number of fused-ring (bicyclic) bond motifs is 1. The summed E-state index contributed by atoms with van der Waals surface area (Å²) in [5.41, 5.74) is 5.49. The van der Waals surface area contributed by atoms with E-state index in [1.54, 1.807) is 4.90 Å². The second-order valence-electron chi connectivity index (χ2n) is 10.4. The number of amides is 2. The van der Waals surface area contributed by atoms with Gasteiger partial charge in [0.2, 0.25) is 11.8 Å². The van der Waals surface area contributed by atoms with Crippen LogP contribution in [-0.2, 0) is 22.6 Å². The molecule has 3 aromatic carbocycles. The highest BCUT2D eigenvalue weighted by molar-refractivity contribution is 5.90. The maximum atomic E-state index is 13.7. The number of hydrogen-bond acceptors (Lipinski definition) is 4. The zero-order valence-electron chi connectivity index (χ0n) is 22.8. The first-order chi connectivity index (χ1) is 19.0. The van der Waals surface area contributed by atoms with Crippen LogP contribution in [0.5, 0.6) is 0 Å². The number of likely N-dealkylation sites (N-methyl/N-ethyl adjacent to an activating group) is 1. The van der Waals surface area contributed by atoms with Crippen LogP contribution in [0.15, 0.2) is 85.1 Å². The number of piperazine rings is 1. The second kappa shape index (κ2) is 12.2. The average molecular weight is 524 g/mol. The van der Waals surface area contributed by atoms with Crippen molar-refractivity contribution in [3.8, 4) is 0 Å². The quantitative estimate of drug-likeness (QED) is 0.348. The lowest BCUT2D eigenvalue weighted by Crippen LogP contribution is -2.53. The van der Waals surface area contributed by atoms with Crippen LogP contribution in [0, 0.1) is 6.92 Å². The van der Waals surface area contributed by atoms with E-state index in [2.05, 4.69) is 57.4 Å². The maximum absolute atomic E-state index is 13.7. The predicted molar refractivity (Wildman–Crippen MR) is 157 cm³/mol. The van der Waals surface area contributed by atoms with Gasteiger partial charge in [-0.3, -0.25) is 14.5 Å². The van der Waals surface area contributed by atoms with Gasteiger partial charge in [-0.1, -0.05) is 60.7 Å². The van der Waals surface area contributed by atoms with Gasteiger partial charge in [-0.2, -0.15) is 0 Å². The van der Waals surface area contributed by atoms with Gasteiger partial charge in [0.25, 0.3) is 0 Å². The van der Waals surface area contributed by atoms with E-state index in [1.165, 1.54) is 5.69 Å². The summed E-state index contributed by atoms with van der Waals surface area (Å²) in [4.78, 5) is 36.5. The lowest BCUT2D eigenvalue weighted by molar-refractivity contribution is -0.136. The van der Waals surface area contributed by atoms with E-state index in [0.717, 1.165) is 53.8 Å². The molecule has 1 unspecified atom stereocenters. The molecule has 0 aliphatic carbocycles. The highest BCUT2D eigenvalue weighted by atomic mass is 16.2. The van der Waals surface area contributed by atoms with E-state index < -0.39 is 6.04 Å². The van der Waals surface area contributed by atoms with Crippen molar-refractivity contribution >= 4 is 28.4 Å². The van der Waals surface area contributed by atoms with Crippen LogP contribution < -0.4 is 10.2 Å². The Labute approximate surface area is 230 Å². The number of nitrogens with zero attached hydrogens (tertiary/aromatic N) is 3. The first kappa shape index (κ1) is 26.5. The van der Waals surface area contributed by atoms with Crippen molar-refractivity contribution in [2.75, 3.05) is 44.7 Å². The minimum atomic E-state index is -0.656. The van der Waals surface area contributed by atoms with Gasteiger partial charge in [-0.25, -0.2) is 0 Å². The van der Waals surface area contributed by atoms with Crippen LogP contribution >= 0.6 is 0 Å². The van der Waals surface area contributed by atoms with Crippen molar-refractivity contribution in [3.05, 3.63) is 102 Å². The van der Waals surface area contributed by atoms with Gasteiger partial charge in [-0.05, 0) is 41.8 Å². The van der Waals surface area contributed by atoms with E-state index in [-0.39, 0.29) is 18.4 Å². The number of H-pyrrole nitrogens is 1. The lowest BCUT2D eigenvalue weighted by atomic mass is 10.0. The van der Waals surface area contributed by atoms with E-state index in [1.807, 2.05) is 61.8 Å². The molecule has 2 heterocycles. The summed E-state index contributed by atoms with van der Waals surface area (Å²) in [5, 5.41) is 4.16. The smallest absolute Gasteiger partial charge is 0.245 e. The van der Waals surface area contributed by atoms with Crippen LogP contribution in [0.1, 0.15) is 16.7 Å². The van der Waals surface area contributed by atoms with Crippen LogP contribution in [0.3, 0.4) is 0 Å². The largest absolute Gasteiger partial charge is 0.369 e. The fourth-order valence-corrected chi connectivity index (χ4v) is 5.35. The van der Waals surface area contributed by atoms with Crippen molar-refractivity contribution < 1.29 is 9.59 Å². The Morgan fingerprint density at radius 1 is 0.897 bits per heavy atom. The SMILES string of the molecule is Cc1ccccc1CN(C)C(=O)C(Cc1c[nH]c2ccccc12)NC(=O)CN1CCN(c2ccccc2)CC1. The van der Waals surface area contributed by atoms with Crippen LogP contribution in [0.4, 0.5) is 5.69 Å². The van der Waals surface area contributed by atoms with Crippen molar-refractivity contribution in [2.45, 2.75) is 25.9 Å². The van der Waals surface area contributed by atoms with Crippen molar-refractivity contribution in [3.63, 3.8) is 0 Å². The fourth-order valence-electron chi connectivity index (χ4n) is 5.35. The first-order valence-corrected chi connectivity index (χ1v) is 13.6. The molecule has 1 aliphatic heterocycles. The number of anilines is 1. The van der Waals surface area contributed by atoms with Crippen molar-refractivity contribution in [1.29, 1.82) is 0 Å². The Balaban J connectivity index is 1.26. The summed E-state index contributed by atoms with van der Waals surface area (Å²) in [5.74, 6) is -0.212. The van der Waals surface area contributed by atoms with Gasteiger partial charge >= 0.3 is 0 Å². The van der Waals surface area contributed by atoms with Crippen LogP contribution in [0.2, 0.25) is 0 Å². The summed E-state index contributed by atoms with van der Waals surface area (Å²) in [7, 11) is 1.81. The number of hydrogen-bond donors (Lipinski definition) is 2. The maximum Gasteiger partial charge on any atom is 0.245 e. The molecule has 39 heavy (non-hydrogen) atoms. The van der Waals surface area contributed by atoms with Gasteiger partial charge in [0.1, 0.15) is 6.04 Å². The number of rotatable bonds is 9. The number of aryl methyl sites for hydroxylation is 1. The van der Waals surface area contributed by atoms with Crippen molar-refractivity contribution in [1.82, 2.24) is 20.1 Å². The zero-order valence-corrected chi connectivity index (χ0v) is 22.8. The van der Waals surface area contributed by atoms with E-state index in [9.17, 15) is 9.59 Å². The Morgan fingerprint density at radius 2 is 1.59 bits per heavy atom. The summed E-state index contributed by atoms with van der Waals surface area (Å²) in [6, 6.07) is 25.9. The van der Waals surface area contributed by atoms with Gasteiger partial charge in [-0.15, -0.1) is 0 Å². The number of benzene rings is 3. The molecule has 4 aromatic rings. The van der Waals surface area contributed by atoms with E-state index in [0.29, 0.717) is 13.0 Å². The molecule has 2 N–H and O–H groups in total. The normalized spacial score (nSPS) is 14.8. The molecule has 5 rings (SSSR count). The summed E-state index contributed by atoms with van der Waals surface area (Å²) in [6.45, 7) is 6.17. The first-order valence-electron chi connectivity index (χ1n) is 13.6. The lowest BCUT2D eigenvalue weighted by Gasteiger charge is -2.36. The molecule has 0 radical (unpaired) electrons. The topological polar surface area (TPSA) is 71.7 Å². The molecule has 0 spiro atoms. The van der Waals surface area contributed by atoms with Gasteiger partial charge < -0.3 is 20.1 Å². The van der Waals surface area contributed by atoms with Gasteiger partial charge in [0.05, 0.1) is 6.54 Å². The van der Waals surface area contributed by atoms with Gasteiger partial charge in [0.15, 0.2) is 0 Å².